The summed E-state index contributed by atoms with van der Waals surface area (Å²) in [4.78, 5) is 25.9. The van der Waals surface area contributed by atoms with Gasteiger partial charge in [0.25, 0.3) is 5.91 Å². The van der Waals surface area contributed by atoms with E-state index in [1.807, 2.05) is 0 Å². The van der Waals surface area contributed by atoms with E-state index in [9.17, 15) is 13.2 Å². The zero-order valence-electron chi connectivity index (χ0n) is 23.6. The summed E-state index contributed by atoms with van der Waals surface area (Å²) in [5.41, 5.74) is 7.31. The van der Waals surface area contributed by atoms with Crippen molar-refractivity contribution in [2.75, 3.05) is 56.2 Å². The van der Waals surface area contributed by atoms with E-state index in [0.29, 0.717) is 61.8 Å². The number of hydrogen-bond acceptors (Lipinski definition) is 11. The number of methoxy groups -OCH3 is 1. The Hall–Kier alpha value is -4.12. The van der Waals surface area contributed by atoms with Crippen molar-refractivity contribution >= 4 is 56.3 Å². The number of hydrogen-bond donors (Lipinski definition) is 3. The van der Waals surface area contributed by atoms with Crippen molar-refractivity contribution in [3.8, 4) is 11.8 Å². The fraction of sp³-hybridized carbons (Fsp3) is 0.357. The van der Waals surface area contributed by atoms with Crippen molar-refractivity contribution in [3.63, 3.8) is 0 Å². The van der Waals surface area contributed by atoms with Gasteiger partial charge in [-0.2, -0.15) is 15.2 Å². The molecule has 222 valence electrons. The Morgan fingerprint density at radius 3 is 2.50 bits per heavy atom. The molecular weight excluding hydrogens is 580 g/mol. The summed E-state index contributed by atoms with van der Waals surface area (Å²) in [5, 5.41) is 14.2. The Labute approximate surface area is 250 Å². The van der Waals surface area contributed by atoms with Gasteiger partial charge >= 0.3 is 0 Å². The third-order valence-electron chi connectivity index (χ3n) is 6.84. The molecule has 4 N–H and O–H groups in total. The summed E-state index contributed by atoms with van der Waals surface area (Å²) in [5.74, 6) is 0.425. The zero-order valence-corrected chi connectivity index (χ0v) is 25.2. The molecule has 12 nitrogen and oxygen atoms in total. The van der Waals surface area contributed by atoms with Crippen LogP contribution in [0.5, 0.6) is 5.75 Å². The van der Waals surface area contributed by atoms with Crippen LogP contribution in [0.1, 0.15) is 30.6 Å². The van der Waals surface area contributed by atoms with Crippen LogP contribution in [0, 0.1) is 11.3 Å². The largest absolute Gasteiger partial charge is 0.495 e. The Balaban J connectivity index is 1.55. The molecule has 1 saturated heterocycles. The van der Waals surface area contributed by atoms with Gasteiger partial charge in [0.15, 0.2) is 15.7 Å². The molecule has 1 aromatic heterocycles. The Morgan fingerprint density at radius 2 is 1.83 bits per heavy atom. The molecule has 0 unspecified atom stereocenters. The molecule has 0 aliphatic carbocycles. The Bertz CT molecular complexity index is 1600. The van der Waals surface area contributed by atoms with Crippen LogP contribution < -0.4 is 21.1 Å². The first kappa shape index (κ1) is 30.8. The first-order valence-corrected chi connectivity index (χ1v) is 15.2. The summed E-state index contributed by atoms with van der Waals surface area (Å²) >= 11 is 6.40. The summed E-state index contributed by atoms with van der Waals surface area (Å²) < 4.78 is 31.4. The molecule has 0 spiro atoms. The number of ether oxygens (including phenoxy) is 1. The third-order valence-corrected chi connectivity index (χ3v) is 9.42. The highest BCUT2D eigenvalue weighted by Gasteiger charge is 2.25. The van der Waals surface area contributed by atoms with E-state index in [1.165, 1.54) is 13.2 Å². The van der Waals surface area contributed by atoms with Crippen LogP contribution in [0.3, 0.4) is 0 Å². The standard InChI is InChI=1S/C28H33ClN8O4S/c1-18(2)42(39,40)23-8-5-4-7-21(23)32-26-24(29)25(31)34-28(35-26)33-20-10-9-19(17-22(20)41-3)27(38)37-15-13-36(14-16-37)12-6-11-30/h4-5,7-10,17-18H,6,12-16H2,1-3H3,(H4,31,32,33,34,35). The van der Waals surface area contributed by atoms with Gasteiger partial charge in [-0.05, 0) is 44.2 Å². The zero-order chi connectivity index (χ0) is 30.4. The van der Waals surface area contributed by atoms with E-state index in [2.05, 4.69) is 31.6 Å². The molecule has 3 aromatic rings. The van der Waals surface area contributed by atoms with Crippen molar-refractivity contribution < 1.29 is 17.9 Å². The lowest BCUT2D eigenvalue weighted by atomic mass is 10.1. The molecule has 42 heavy (non-hydrogen) atoms. The van der Waals surface area contributed by atoms with E-state index < -0.39 is 15.1 Å². The molecule has 0 atom stereocenters. The van der Waals surface area contributed by atoms with Gasteiger partial charge in [0, 0.05) is 44.7 Å². The van der Waals surface area contributed by atoms with E-state index >= 15 is 0 Å². The predicted molar refractivity (Wildman–Crippen MR) is 162 cm³/mol. The number of nitrogen functional groups attached to an aromatic ring is 1. The maximum Gasteiger partial charge on any atom is 0.254 e. The molecule has 1 aliphatic heterocycles. The highest BCUT2D eigenvalue weighted by molar-refractivity contribution is 7.92. The summed E-state index contributed by atoms with van der Waals surface area (Å²) in [7, 11) is -2.12. The third kappa shape index (κ3) is 6.84. The van der Waals surface area contributed by atoms with Crippen molar-refractivity contribution in [3.05, 3.63) is 53.1 Å². The quantitative estimate of drug-likeness (QED) is 0.302. The second kappa shape index (κ2) is 13.2. The van der Waals surface area contributed by atoms with Crippen LogP contribution in [0.2, 0.25) is 5.02 Å². The molecule has 2 heterocycles. The van der Waals surface area contributed by atoms with Gasteiger partial charge in [0.2, 0.25) is 5.95 Å². The topological polar surface area (TPSA) is 167 Å². The van der Waals surface area contributed by atoms with Gasteiger partial charge in [-0.1, -0.05) is 23.7 Å². The molecule has 4 rings (SSSR count). The normalized spacial score (nSPS) is 14.0. The van der Waals surface area contributed by atoms with E-state index in [-0.39, 0.29) is 33.4 Å². The fourth-order valence-electron chi connectivity index (χ4n) is 4.42. The van der Waals surface area contributed by atoms with Crippen LogP contribution in [-0.4, -0.2) is 79.2 Å². The van der Waals surface area contributed by atoms with E-state index in [4.69, 9.17) is 27.3 Å². The van der Waals surface area contributed by atoms with Gasteiger partial charge < -0.3 is 26.0 Å². The van der Waals surface area contributed by atoms with Crippen molar-refractivity contribution in [1.29, 1.82) is 5.26 Å². The van der Waals surface area contributed by atoms with Gasteiger partial charge in [0.05, 0.1) is 34.7 Å². The second-order valence-corrected chi connectivity index (χ2v) is 12.7. The van der Waals surface area contributed by atoms with Crippen LogP contribution in [-0.2, 0) is 9.84 Å². The van der Waals surface area contributed by atoms with Crippen molar-refractivity contribution in [2.45, 2.75) is 30.4 Å². The minimum absolute atomic E-state index is 0.0259. The molecule has 0 bridgehead atoms. The van der Waals surface area contributed by atoms with Crippen LogP contribution >= 0.6 is 11.6 Å². The summed E-state index contributed by atoms with van der Waals surface area (Å²) in [6.45, 7) is 6.48. The van der Waals surface area contributed by atoms with E-state index in [1.54, 1.807) is 55.1 Å². The number of sulfone groups is 1. The molecule has 1 fully saturated rings. The fourth-order valence-corrected chi connectivity index (χ4v) is 5.75. The average molecular weight is 613 g/mol. The number of carbonyl (C=O) groups excluding carboxylic acids is 1. The van der Waals surface area contributed by atoms with E-state index in [0.717, 1.165) is 0 Å². The predicted octanol–water partition coefficient (Wildman–Crippen LogP) is 4.06. The molecule has 1 amide bonds. The number of rotatable bonds is 10. The number of nitrogens with zero attached hydrogens (tertiary/aromatic N) is 5. The minimum Gasteiger partial charge on any atom is -0.495 e. The first-order chi connectivity index (χ1) is 20.0. The minimum atomic E-state index is -3.60. The SMILES string of the molecule is COc1cc(C(=O)N2CCN(CCC#N)CC2)ccc1Nc1nc(N)c(Cl)c(Nc2ccccc2S(=O)(=O)C(C)C)n1. The molecule has 14 heteroatoms. The molecule has 1 aliphatic rings. The number of nitriles is 1. The number of amides is 1. The number of aromatic nitrogens is 2. The van der Waals surface area contributed by atoms with Crippen LogP contribution in [0.15, 0.2) is 47.4 Å². The number of para-hydroxylation sites is 1. The lowest BCUT2D eigenvalue weighted by Gasteiger charge is -2.34. The summed E-state index contributed by atoms with van der Waals surface area (Å²) in [6, 6.07) is 13.6. The number of piperazine rings is 1. The first-order valence-electron chi connectivity index (χ1n) is 13.3. The smallest absolute Gasteiger partial charge is 0.254 e. The number of benzene rings is 2. The van der Waals surface area contributed by atoms with Gasteiger partial charge in [-0.25, -0.2) is 8.42 Å². The highest BCUT2D eigenvalue weighted by Crippen LogP contribution is 2.34. The second-order valence-electron chi connectivity index (χ2n) is 9.89. The lowest BCUT2D eigenvalue weighted by Crippen LogP contribution is -2.48. The molecular formula is C28H33ClN8O4S. The van der Waals surface area contributed by atoms with Crippen molar-refractivity contribution in [1.82, 2.24) is 19.8 Å². The molecule has 2 aromatic carbocycles. The number of carbonyl (C=O) groups is 1. The van der Waals surface area contributed by atoms with Crippen LogP contribution in [0.25, 0.3) is 0 Å². The van der Waals surface area contributed by atoms with Gasteiger partial charge in [0.1, 0.15) is 16.6 Å². The Kier molecular flexibility index (Phi) is 9.72. The molecule has 0 radical (unpaired) electrons. The average Bonchev–Trinajstić information content (AvgIpc) is 2.98. The monoisotopic (exact) mass is 612 g/mol. The lowest BCUT2D eigenvalue weighted by molar-refractivity contribution is 0.0639. The van der Waals surface area contributed by atoms with Crippen molar-refractivity contribution in [2.24, 2.45) is 0 Å². The molecule has 0 saturated carbocycles. The number of anilines is 5. The number of halogens is 1. The maximum absolute atomic E-state index is 13.2. The van der Waals surface area contributed by atoms with Crippen LogP contribution in [0.4, 0.5) is 29.0 Å². The maximum atomic E-state index is 13.2. The van der Waals surface area contributed by atoms with Gasteiger partial charge in [-0.3, -0.25) is 9.69 Å². The van der Waals surface area contributed by atoms with Gasteiger partial charge in [-0.15, -0.1) is 0 Å². The number of nitrogens with two attached hydrogens (primary N) is 1. The number of nitrogens with one attached hydrogen (secondary N) is 2. The highest BCUT2D eigenvalue weighted by atomic mass is 35.5. The summed E-state index contributed by atoms with van der Waals surface area (Å²) in [6.07, 6.45) is 0.466. The Morgan fingerprint density at radius 1 is 1.12 bits per heavy atom.